The third kappa shape index (κ3) is 4.94. The van der Waals surface area contributed by atoms with Crippen molar-refractivity contribution < 1.29 is 17.9 Å². The molecule has 1 aromatic heterocycles. The van der Waals surface area contributed by atoms with Crippen molar-refractivity contribution in [3.05, 3.63) is 0 Å². The van der Waals surface area contributed by atoms with Gasteiger partial charge in [-0.25, -0.2) is 8.42 Å². The number of ether oxygens (including phenoxy) is 2. The first-order valence-corrected chi connectivity index (χ1v) is 8.52. The van der Waals surface area contributed by atoms with Gasteiger partial charge in [-0.3, -0.25) is 0 Å². The van der Waals surface area contributed by atoms with Crippen molar-refractivity contribution in [2.75, 3.05) is 45.3 Å². The average molecular weight is 324 g/mol. The Morgan fingerprint density at radius 2 is 1.70 bits per heavy atom. The molecule has 0 saturated heterocycles. The summed E-state index contributed by atoms with van der Waals surface area (Å²) in [6, 6.07) is 0. The molecule has 0 aliphatic heterocycles. The predicted molar refractivity (Wildman–Crippen MR) is 76.1 cm³/mol. The molecule has 0 unspecified atom stereocenters. The van der Waals surface area contributed by atoms with Crippen LogP contribution in [0, 0.1) is 0 Å². The Kier molecular flexibility index (Phi) is 7.30. The number of aromatic nitrogens is 2. The summed E-state index contributed by atoms with van der Waals surface area (Å²) in [6.45, 7) is 5.88. The zero-order chi connectivity index (χ0) is 15.0. The van der Waals surface area contributed by atoms with Crippen molar-refractivity contribution in [3.8, 4) is 0 Å². The van der Waals surface area contributed by atoms with Gasteiger partial charge in [0.2, 0.25) is 9.47 Å². The van der Waals surface area contributed by atoms with Crippen molar-refractivity contribution >= 4 is 26.5 Å². The van der Waals surface area contributed by atoms with Gasteiger partial charge in [-0.2, -0.15) is 4.31 Å². The molecule has 116 valence electrons. The second-order valence-corrected chi connectivity index (χ2v) is 6.82. The molecule has 0 aliphatic carbocycles. The van der Waals surface area contributed by atoms with E-state index in [1.54, 1.807) is 0 Å². The predicted octanol–water partition coefficient (Wildman–Crippen LogP) is 0.184. The standard InChI is InChI=1S/C10H20N4O4S2/c1-3-17-7-5-14(6-8-18-4-2)20(15,16)10-13-12-9(11)19-10/h3-8H2,1-2H3,(H2,11,12). The molecule has 0 atom stereocenters. The number of nitrogen functional groups attached to an aromatic ring is 1. The van der Waals surface area contributed by atoms with Gasteiger partial charge in [-0.1, -0.05) is 11.3 Å². The SMILES string of the molecule is CCOCCN(CCOCC)S(=O)(=O)c1nnc(N)s1. The summed E-state index contributed by atoms with van der Waals surface area (Å²) in [5.41, 5.74) is 5.43. The van der Waals surface area contributed by atoms with E-state index in [2.05, 4.69) is 10.2 Å². The van der Waals surface area contributed by atoms with E-state index < -0.39 is 10.0 Å². The van der Waals surface area contributed by atoms with Gasteiger partial charge in [0.05, 0.1) is 13.2 Å². The molecular formula is C10H20N4O4S2. The number of anilines is 1. The Bertz CT molecular complexity index is 481. The molecule has 0 radical (unpaired) electrons. The summed E-state index contributed by atoms with van der Waals surface area (Å²) in [6.07, 6.45) is 0. The number of hydrogen-bond acceptors (Lipinski definition) is 8. The lowest BCUT2D eigenvalue weighted by Crippen LogP contribution is -2.36. The minimum absolute atomic E-state index is 0.108. The maximum absolute atomic E-state index is 12.4. The van der Waals surface area contributed by atoms with Crippen LogP contribution in [0.5, 0.6) is 0 Å². The molecule has 0 bridgehead atoms. The van der Waals surface area contributed by atoms with Crippen LogP contribution in [-0.4, -0.2) is 62.4 Å². The lowest BCUT2D eigenvalue weighted by molar-refractivity contribution is 0.110. The number of rotatable bonds is 10. The second-order valence-electron chi connectivity index (χ2n) is 3.70. The summed E-state index contributed by atoms with van der Waals surface area (Å²) in [4.78, 5) is 0. The molecule has 0 aliphatic rings. The second kappa shape index (κ2) is 8.47. The van der Waals surface area contributed by atoms with Gasteiger partial charge in [0.25, 0.3) is 10.0 Å². The van der Waals surface area contributed by atoms with E-state index in [0.717, 1.165) is 11.3 Å². The fourth-order valence-corrected chi connectivity index (χ4v) is 3.74. The van der Waals surface area contributed by atoms with Gasteiger partial charge in [-0.05, 0) is 13.8 Å². The van der Waals surface area contributed by atoms with E-state index in [0.29, 0.717) is 26.4 Å². The Labute approximate surface area is 122 Å². The fourth-order valence-electron chi connectivity index (χ4n) is 1.41. The lowest BCUT2D eigenvalue weighted by atomic mass is 10.6. The number of nitrogens with two attached hydrogens (primary N) is 1. The minimum atomic E-state index is -3.70. The van der Waals surface area contributed by atoms with E-state index in [9.17, 15) is 8.42 Å². The van der Waals surface area contributed by atoms with Crippen LogP contribution in [0.15, 0.2) is 4.34 Å². The average Bonchev–Trinajstić information content (AvgIpc) is 2.84. The smallest absolute Gasteiger partial charge is 0.272 e. The van der Waals surface area contributed by atoms with Crippen LogP contribution in [0.1, 0.15) is 13.8 Å². The normalized spacial score (nSPS) is 12.2. The van der Waals surface area contributed by atoms with Crippen LogP contribution in [-0.2, 0) is 19.5 Å². The highest BCUT2D eigenvalue weighted by atomic mass is 32.2. The monoisotopic (exact) mass is 324 g/mol. The molecule has 20 heavy (non-hydrogen) atoms. The Hall–Kier alpha value is -0.810. The molecule has 0 fully saturated rings. The van der Waals surface area contributed by atoms with Crippen LogP contribution in [0.4, 0.5) is 5.13 Å². The molecule has 0 spiro atoms. The van der Waals surface area contributed by atoms with E-state index in [1.807, 2.05) is 13.8 Å². The van der Waals surface area contributed by atoms with Gasteiger partial charge >= 0.3 is 0 Å². The van der Waals surface area contributed by atoms with Gasteiger partial charge in [-0.15, -0.1) is 10.2 Å². The Morgan fingerprint density at radius 3 is 2.10 bits per heavy atom. The van der Waals surface area contributed by atoms with Gasteiger partial charge < -0.3 is 15.2 Å². The van der Waals surface area contributed by atoms with Crippen molar-refractivity contribution in [1.82, 2.24) is 14.5 Å². The Morgan fingerprint density at radius 1 is 1.15 bits per heavy atom. The van der Waals surface area contributed by atoms with Gasteiger partial charge in [0, 0.05) is 26.3 Å². The number of sulfonamides is 1. The third-order valence-electron chi connectivity index (χ3n) is 2.36. The van der Waals surface area contributed by atoms with E-state index in [4.69, 9.17) is 15.2 Å². The highest BCUT2D eigenvalue weighted by Crippen LogP contribution is 2.20. The maximum Gasteiger partial charge on any atom is 0.272 e. The van der Waals surface area contributed by atoms with Crippen LogP contribution in [0.2, 0.25) is 0 Å². The summed E-state index contributed by atoms with van der Waals surface area (Å²) in [7, 11) is -3.70. The molecule has 10 heteroatoms. The van der Waals surface area contributed by atoms with Crippen LogP contribution in [0.3, 0.4) is 0 Å². The Balaban J connectivity index is 2.78. The molecule has 0 saturated carbocycles. The van der Waals surface area contributed by atoms with E-state index in [-0.39, 0.29) is 22.6 Å². The molecule has 1 heterocycles. The van der Waals surface area contributed by atoms with Crippen LogP contribution < -0.4 is 5.73 Å². The van der Waals surface area contributed by atoms with Gasteiger partial charge in [0.15, 0.2) is 0 Å². The number of hydrogen-bond donors (Lipinski definition) is 1. The van der Waals surface area contributed by atoms with Crippen molar-refractivity contribution in [1.29, 1.82) is 0 Å². The molecule has 2 N–H and O–H groups in total. The fraction of sp³-hybridized carbons (Fsp3) is 0.800. The quantitative estimate of drug-likeness (QED) is 0.612. The highest BCUT2D eigenvalue weighted by Gasteiger charge is 2.28. The first-order chi connectivity index (χ1) is 9.52. The lowest BCUT2D eigenvalue weighted by Gasteiger charge is -2.20. The minimum Gasteiger partial charge on any atom is -0.380 e. The molecule has 0 aromatic carbocycles. The first-order valence-electron chi connectivity index (χ1n) is 6.27. The summed E-state index contributed by atoms with van der Waals surface area (Å²) in [5.74, 6) is 0. The largest absolute Gasteiger partial charge is 0.380 e. The third-order valence-corrected chi connectivity index (χ3v) is 5.36. The molecule has 8 nitrogen and oxygen atoms in total. The summed E-state index contributed by atoms with van der Waals surface area (Å²) >= 11 is 0.846. The molecule has 1 aromatic rings. The number of nitrogens with zero attached hydrogens (tertiary/aromatic N) is 3. The molecular weight excluding hydrogens is 304 g/mol. The van der Waals surface area contributed by atoms with Crippen molar-refractivity contribution in [2.45, 2.75) is 18.2 Å². The van der Waals surface area contributed by atoms with Crippen molar-refractivity contribution in [2.24, 2.45) is 0 Å². The van der Waals surface area contributed by atoms with E-state index in [1.165, 1.54) is 4.31 Å². The molecule has 1 rings (SSSR count). The summed E-state index contributed by atoms with van der Waals surface area (Å²) in [5, 5.41) is 7.26. The highest BCUT2D eigenvalue weighted by molar-refractivity contribution is 7.91. The summed E-state index contributed by atoms with van der Waals surface area (Å²) < 4.78 is 36.4. The molecule has 0 amide bonds. The van der Waals surface area contributed by atoms with E-state index >= 15 is 0 Å². The first kappa shape index (κ1) is 17.2. The van der Waals surface area contributed by atoms with Gasteiger partial charge in [0.1, 0.15) is 0 Å². The van der Waals surface area contributed by atoms with Crippen molar-refractivity contribution in [3.63, 3.8) is 0 Å². The zero-order valence-corrected chi connectivity index (χ0v) is 13.2. The topological polar surface area (TPSA) is 108 Å². The van der Waals surface area contributed by atoms with Crippen LogP contribution >= 0.6 is 11.3 Å². The maximum atomic E-state index is 12.4. The zero-order valence-electron chi connectivity index (χ0n) is 11.6. The van der Waals surface area contributed by atoms with Crippen LogP contribution in [0.25, 0.3) is 0 Å².